The molecule has 0 aromatic heterocycles. The van der Waals surface area contributed by atoms with Gasteiger partial charge in [-0.05, 0) is 5.92 Å². The van der Waals surface area contributed by atoms with Gasteiger partial charge in [0.25, 0.3) is 0 Å². The quantitative estimate of drug-likeness (QED) is 0.361. The van der Waals surface area contributed by atoms with Gasteiger partial charge >= 0.3 is 17.8 Å². The van der Waals surface area contributed by atoms with Gasteiger partial charge in [-0.25, -0.2) is 14.5 Å². The van der Waals surface area contributed by atoms with Crippen LogP contribution in [0.25, 0.3) is 0 Å². The maximum absolute atomic E-state index is 11.7. The van der Waals surface area contributed by atoms with E-state index in [1.807, 2.05) is 0 Å². The smallest absolute Gasteiger partial charge is 0.333 e. The van der Waals surface area contributed by atoms with Crippen LogP contribution in [0.1, 0.15) is 33.1 Å². The first-order valence-electron chi connectivity index (χ1n) is 7.37. The Bertz CT molecular complexity index is 397. The largest absolute Gasteiger partial charge is 0.481 e. The molecular formula is C14H28N2O6+2. The minimum absolute atomic E-state index is 0.410. The summed E-state index contributed by atoms with van der Waals surface area (Å²) in [7, 11) is 4.26. The van der Waals surface area contributed by atoms with E-state index in [0.29, 0.717) is 18.0 Å². The van der Waals surface area contributed by atoms with Crippen LogP contribution >= 0.6 is 0 Å². The van der Waals surface area contributed by atoms with Gasteiger partial charge in [0.15, 0.2) is 6.10 Å². The monoisotopic (exact) mass is 320 g/mol. The Balaban J connectivity index is 0.000000433. The number of carboxylic acids is 2. The van der Waals surface area contributed by atoms with Gasteiger partial charge < -0.3 is 15.3 Å². The Hall–Kier alpha value is -1.51. The molecule has 0 aromatic carbocycles. The van der Waals surface area contributed by atoms with Crippen molar-refractivity contribution in [1.82, 2.24) is 0 Å². The summed E-state index contributed by atoms with van der Waals surface area (Å²) < 4.78 is 0. The van der Waals surface area contributed by atoms with Gasteiger partial charge in [-0.2, -0.15) is 0 Å². The molecule has 5 N–H and O–H groups in total. The Morgan fingerprint density at radius 3 is 1.95 bits per heavy atom. The van der Waals surface area contributed by atoms with Gasteiger partial charge in [-0.1, -0.05) is 13.8 Å². The van der Waals surface area contributed by atoms with Crippen LogP contribution in [0.2, 0.25) is 0 Å². The molecule has 0 radical (unpaired) electrons. The van der Waals surface area contributed by atoms with Crippen LogP contribution in [0.3, 0.4) is 0 Å². The topological polar surface area (TPSA) is 121 Å². The molecule has 8 heteroatoms. The lowest BCUT2D eigenvalue weighted by molar-refractivity contribution is -1.10. The zero-order valence-corrected chi connectivity index (χ0v) is 13.6. The number of rotatable bonds is 6. The van der Waals surface area contributed by atoms with E-state index in [2.05, 4.69) is 27.9 Å². The lowest BCUT2D eigenvalue weighted by Gasteiger charge is -2.36. The van der Waals surface area contributed by atoms with Gasteiger partial charge in [0.1, 0.15) is 13.0 Å². The molecule has 1 aliphatic heterocycles. The average Bonchev–Trinajstić information content (AvgIpc) is 2.24. The van der Waals surface area contributed by atoms with E-state index in [1.165, 1.54) is 16.2 Å². The Kier molecular flexibility index (Phi) is 8.84. The van der Waals surface area contributed by atoms with Crippen LogP contribution in [-0.4, -0.2) is 66.1 Å². The third kappa shape index (κ3) is 7.48. The highest BCUT2D eigenvalue weighted by atomic mass is 16.4. The highest BCUT2D eigenvalue weighted by Gasteiger charge is 2.42. The molecule has 1 fully saturated rings. The van der Waals surface area contributed by atoms with E-state index in [-0.39, 0.29) is 0 Å². The Labute approximate surface area is 130 Å². The molecule has 0 bridgehead atoms. The summed E-state index contributed by atoms with van der Waals surface area (Å²) >= 11 is 0. The third-order valence-electron chi connectivity index (χ3n) is 3.42. The molecule has 0 aliphatic carbocycles. The van der Waals surface area contributed by atoms with Gasteiger partial charge in [0.05, 0.1) is 26.9 Å². The molecule has 1 heterocycles. The van der Waals surface area contributed by atoms with Gasteiger partial charge in [0, 0.05) is 0 Å². The lowest BCUT2D eigenvalue weighted by atomic mass is 10.1. The van der Waals surface area contributed by atoms with Crippen LogP contribution in [0.5, 0.6) is 0 Å². The highest BCUT2D eigenvalue weighted by molar-refractivity contribution is 5.79. The fourth-order valence-electron chi connectivity index (χ4n) is 2.16. The summed E-state index contributed by atoms with van der Waals surface area (Å²) in [5.74, 6) is -1.94. The number of aliphatic carboxylic acids is 2. The Morgan fingerprint density at radius 1 is 1.18 bits per heavy atom. The van der Waals surface area contributed by atoms with E-state index in [4.69, 9.17) is 15.3 Å². The standard InChI is InChI=1S/C10H20N2O.C4H6O5/c1-8(2)7-10(13)12-6-5-9(12)11(3)4;5-2(4(8)9)1-3(6)7/h8-9H,5-7H2,1-4H3;2,5H,1H2,(H,6,7)(H,8,9)/p+2. The minimum Gasteiger partial charge on any atom is -0.481 e. The number of aliphatic hydroxyl groups excluding tert-OH is 1. The first kappa shape index (κ1) is 20.5. The van der Waals surface area contributed by atoms with Crippen molar-refractivity contribution in [3.05, 3.63) is 0 Å². The molecule has 1 saturated heterocycles. The van der Waals surface area contributed by atoms with Crippen LogP contribution in [0, 0.1) is 5.92 Å². The van der Waals surface area contributed by atoms with Crippen LogP contribution in [0.15, 0.2) is 0 Å². The predicted octanol–water partition coefficient (Wildman–Crippen LogP) is -2.78. The van der Waals surface area contributed by atoms with Crippen molar-refractivity contribution in [2.24, 2.45) is 5.92 Å². The maximum atomic E-state index is 11.7. The molecule has 1 rings (SSSR count). The number of likely N-dealkylation sites (tertiary alicyclic amines) is 1. The summed E-state index contributed by atoms with van der Waals surface area (Å²) in [6, 6.07) is 0. The van der Waals surface area contributed by atoms with Crippen molar-refractivity contribution in [3.8, 4) is 0 Å². The molecule has 0 aromatic rings. The molecule has 3 atom stereocenters. The van der Waals surface area contributed by atoms with Crippen molar-refractivity contribution in [2.75, 3.05) is 20.6 Å². The van der Waals surface area contributed by atoms with E-state index < -0.39 is 24.5 Å². The molecule has 0 saturated carbocycles. The number of quaternary nitrogens is 2. The van der Waals surface area contributed by atoms with Crippen molar-refractivity contribution in [1.29, 1.82) is 0 Å². The summed E-state index contributed by atoms with van der Waals surface area (Å²) in [4.78, 5) is 33.7. The van der Waals surface area contributed by atoms with Crippen molar-refractivity contribution in [2.45, 2.75) is 45.4 Å². The zero-order chi connectivity index (χ0) is 17.4. The number of carboxylic acid groups (broad SMARTS) is 2. The summed E-state index contributed by atoms with van der Waals surface area (Å²) in [6.07, 6.45) is -0.0931. The molecular weight excluding hydrogens is 292 g/mol. The van der Waals surface area contributed by atoms with Crippen LogP contribution < -0.4 is 9.80 Å². The first-order valence-corrected chi connectivity index (χ1v) is 7.37. The molecule has 3 unspecified atom stereocenters. The zero-order valence-electron chi connectivity index (χ0n) is 13.6. The Morgan fingerprint density at radius 2 is 1.73 bits per heavy atom. The predicted molar refractivity (Wildman–Crippen MR) is 77.4 cm³/mol. The number of hydrogen-bond acceptors (Lipinski definition) is 4. The van der Waals surface area contributed by atoms with E-state index in [1.54, 1.807) is 0 Å². The van der Waals surface area contributed by atoms with Crippen molar-refractivity contribution < 1.29 is 39.5 Å². The first-order chi connectivity index (χ1) is 10.1. The second-order valence-corrected chi connectivity index (χ2v) is 6.17. The van der Waals surface area contributed by atoms with E-state index in [0.717, 1.165) is 13.0 Å². The molecule has 1 aliphatic rings. The maximum Gasteiger partial charge on any atom is 0.333 e. The SMILES string of the molecule is CC(C)CC(=O)[NH+]1CCC1[NH+](C)C.O=C(O)CC(O)C(=O)O. The number of amides is 1. The minimum atomic E-state index is -1.79. The summed E-state index contributed by atoms with van der Waals surface area (Å²) in [5.41, 5.74) is 0. The molecule has 1 amide bonds. The highest BCUT2D eigenvalue weighted by Crippen LogP contribution is 1.98. The van der Waals surface area contributed by atoms with Gasteiger partial charge in [0.2, 0.25) is 6.17 Å². The average molecular weight is 320 g/mol. The second kappa shape index (κ2) is 9.50. The fourth-order valence-corrected chi connectivity index (χ4v) is 2.16. The third-order valence-corrected chi connectivity index (χ3v) is 3.42. The van der Waals surface area contributed by atoms with Crippen LogP contribution in [-0.2, 0) is 14.4 Å². The molecule has 0 spiro atoms. The van der Waals surface area contributed by atoms with Gasteiger partial charge in [-0.15, -0.1) is 0 Å². The number of carbonyl (C=O) groups is 3. The second-order valence-electron chi connectivity index (χ2n) is 6.17. The lowest BCUT2D eigenvalue weighted by Crippen LogP contribution is -3.39. The molecule has 22 heavy (non-hydrogen) atoms. The van der Waals surface area contributed by atoms with Crippen molar-refractivity contribution >= 4 is 17.8 Å². The summed E-state index contributed by atoms with van der Waals surface area (Å²) in [5, 5.41) is 24.1. The fraction of sp³-hybridized carbons (Fsp3) is 0.786. The molecule has 8 nitrogen and oxygen atoms in total. The van der Waals surface area contributed by atoms with E-state index in [9.17, 15) is 14.4 Å². The van der Waals surface area contributed by atoms with E-state index >= 15 is 0 Å². The molecule has 128 valence electrons. The van der Waals surface area contributed by atoms with Crippen LogP contribution in [0.4, 0.5) is 0 Å². The number of aliphatic hydroxyl groups is 1. The number of nitrogens with one attached hydrogen (secondary N) is 2. The normalized spacial score (nSPS) is 21.6. The van der Waals surface area contributed by atoms with Crippen molar-refractivity contribution in [3.63, 3.8) is 0 Å². The van der Waals surface area contributed by atoms with Gasteiger partial charge in [-0.3, -0.25) is 9.69 Å². The number of hydrogen-bond donors (Lipinski definition) is 5. The number of carbonyl (C=O) groups excluding carboxylic acids is 1. The summed E-state index contributed by atoms with van der Waals surface area (Å²) in [6.45, 7) is 5.25.